The molecular formula is C23H20N4O3. The normalized spacial score (nSPS) is 19.1. The molecule has 7 nitrogen and oxygen atoms in total. The Hall–Kier alpha value is -3.87. The van der Waals surface area contributed by atoms with Crippen LogP contribution in [0.3, 0.4) is 0 Å². The number of nitrogens with one attached hydrogen (secondary N) is 2. The summed E-state index contributed by atoms with van der Waals surface area (Å²) in [4.78, 5) is 21.6. The highest BCUT2D eigenvalue weighted by molar-refractivity contribution is 6.12. The van der Waals surface area contributed by atoms with Gasteiger partial charge in [0.05, 0.1) is 14.2 Å². The van der Waals surface area contributed by atoms with Crippen molar-refractivity contribution >= 4 is 17.4 Å². The fraction of sp³-hybridized carbons (Fsp3) is 0.174. The number of aliphatic imine (C=N–C) groups is 1. The van der Waals surface area contributed by atoms with Crippen LogP contribution in [-0.2, 0) is 4.79 Å². The molecule has 2 aliphatic rings. The summed E-state index contributed by atoms with van der Waals surface area (Å²) in [6.45, 7) is 0. The summed E-state index contributed by atoms with van der Waals surface area (Å²) in [7, 11) is 3.23. The van der Waals surface area contributed by atoms with Gasteiger partial charge < -0.3 is 20.1 Å². The molecule has 2 aromatic carbocycles. The van der Waals surface area contributed by atoms with E-state index < -0.39 is 6.04 Å². The Labute approximate surface area is 173 Å². The van der Waals surface area contributed by atoms with E-state index in [-0.39, 0.29) is 11.9 Å². The topological polar surface area (TPSA) is 84.8 Å². The number of carbonyl (C=O) groups is 1. The van der Waals surface area contributed by atoms with Crippen LogP contribution in [0.15, 0.2) is 65.9 Å². The van der Waals surface area contributed by atoms with Crippen molar-refractivity contribution in [2.24, 2.45) is 4.99 Å². The Morgan fingerprint density at radius 2 is 1.60 bits per heavy atom. The number of fused-ring (bicyclic) bond motifs is 3. The minimum Gasteiger partial charge on any atom is -0.493 e. The third-order valence-electron chi connectivity index (χ3n) is 5.46. The third-order valence-corrected chi connectivity index (χ3v) is 5.46. The van der Waals surface area contributed by atoms with Gasteiger partial charge in [-0.15, -0.1) is 0 Å². The lowest BCUT2D eigenvalue weighted by atomic mass is 9.98. The number of methoxy groups -OCH3 is 2. The van der Waals surface area contributed by atoms with Crippen molar-refractivity contribution in [2.75, 3.05) is 19.5 Å². The van der Waals surface area contributed by atoms with E-state index in [1.54, 1.807) is 26.6 Å². The zero-order valence-electron chi connectivity index (χ0n) is 16.5. The lowest BCUT2D eigenvalue weighted by Gasteiger charge is -2.24. The summed E-state index contributed by atoms with van der Waals surface area (Å²) in [5.74, 6) is 1.83. The van der Waals surface area contributed by atoms with Crippen molar-refractivity contribution in [1.29, 1.82) is 0 Å². The SMILES string of the molecule is COc1ccc(-c2ccc3c(c2)NC2C(=O)NC(c4ccncc4)=NC32)cc1OC. The zero-order chi connectivity index (χ0) is 20.7. The Kier molecular flexibility index (Phi) is 4.35. The fourth-order valence-electron chi connectivity index (χ4n) is 3.94. The molecule has 30 heavy (non-hydrogen) atoms. The molecule has 0 bridgehead atoms. The fourth-order valence-corrected chi connectivity index (χ4v) is 3.94. The summed E-state index contributed by atoms with van der Waals surface area (Å²) >= 11 is 0. The van der Waals surface area contributed by atoms with Crippen molar-refractivity contribution in [2.45, 2.75) is 12.1 Å². The number of hydrogen-bond donors (Lipinski definition) is 2. The van der Waals surface area contributed by atoms with Gasteiger partial charge in [-0.3, -0.25) is 14.8 Å². The highest BCUT2D eigenvalue weighted by atomic mass is 16.5. The van der Waals surface area contributed by atoms with Crippen molar-refractivity contribution in [3.63, 3.8) is 0 Å². The van der Waals surface area contributed by atoms with Gasteiger partial charge in [-0.25, -0.2) is 0 Å². The maximum absolute atomic E-state index is 12.7. The molecule has 5 rings (SSSR count). The minimum absolute atomic E-state index is 0.0920. The maximum atomic E-state index is 12.7. The number of pyridine rings is 1. The van der Waals surface area contributed by atoms with Crippen LogP contribution in [0, 0.1) is 0 Å². The number of aromatic nitrogens is 1. The Morgan fingerprint density at radius 3 is 2.37 bits per heavy atom. The van der Waals surface area contributed by atoms with Crippen LogP contribution in [0.25, 0.3) is 11.1 Å². The second-order valence-corrected chi connectivity index (χ2v) is 7.14. The molecule has 3 heterocycles. The van der Waals surface area contributed by atoms with Crippen LogP contribution in [0.1, 0.15) is 17.2 Å². The molecule has 2 unspecified atom stereocenters. The van der Waals surface area contributed by atoms with Gasteiger partial charge in [0.1, 0.15) is 17.9 Å². The first-order valence-electron chi connectivity index (χ1n) is 9.60. The van der Waals surface area contributed by atoms with Gasteiger partial charge in [0.25, 0.3) is 5.91 Å². The van der Waals surface area contributed by atoms with Gasteiger partial charge in [0, 0.05) is 29.2 Å². The third kappa shape index (κ3) is 2.95. The molecule has 1 aromatic heterocycles. The number of nitrogens with zero attached hydrogens (tertiary/aromatic N) is 2. The molecule has 0 saturated heterocycles. The van der Waals surface area contributed by atoms with E-state index in [0.29, 0.717) is 17.3 Å². The van der Waals surface area contributed by atoms with Crippen molar-refractivity contribution in [3.8, 4) is 22.6 Å². The van der Waals surface area contributed by atoms with E-state index in [2.05, 4.69) is 15.6 Å². The smallest absolute Gasteiger partial charge is 0.250 e. The summed E-state index contributed by atoms with van der Waals surface area (Å²) in [5, 5.41) is 6.24. The second-order valence-electron chi connectivity index (χ2n) is 7.14. The first-order valence-corrected chi connectivity index (χ1v) is 9.60. The lowest BCUT2D eigenvalue weighted by Crippen LogP contribution is -2.47. The predicted molar refractivity (Wildman–Crippen MR) is 114 cm³/mol. The summed E-state index contributed by atoms with van der Waals surface area (Å²) in [6, 6.07) is 14.9. The average Bonchev–Trinajstić information content (AvgIpc) is 3.17. The summed E-state index contributed by atoms with van der Waals surface area (Å²) < 4.78 is 10.7. The molecule has 0 fully saturated rings. The maximum Gasteiger partial charge on any atom is 0.250 e. The number of amides is 1. The number of anilines is 1. The first kappa shape index (κ1) is 18.2. The Morgan fingerprint density at radius 1 is 0.867 bits per heavy atom. The molecule has 0 radical (unpaired) electrons. The summed E-state index contributed by atoms with van der Waals surface area (Å²) in [6.07, 6.45) is 3.37. The van der Waals surface area contributed by atoms with Gasteiger partial charge in [-0.1, -0.05) is 18.2 Å². The van der Waals surface area contributed by atoms with E-state index in [1.165, 1.54) is 0 Å². The molecule has 150 valence electrons. The second kappa shape index (κ2) is 7.18. The van der Waals surface area contributed by atoms with Gasteiger partial charge in [0.2, 0.25) is 0 Å². The molecule has 0 aliphatic carbocycles. The number of ether oxygens (including phenoxy) is 2. The molecule has 0 spiro atoms. The van der Waals surface area contributed by atoms with Crippen molar-refractivity contribution < 1.29 is 14.3 Å². The molecule has 3 aromatic rings. The van der Waals surface area contributed by atoms with Crippen molar-refractivity contribution in [3.05, 3.63) is 72.1 Å². The van der Waals surface area contributed by atoms with Crippen LogP contribution >= 0.6 is 0 Å². The van der Waals surface area contributed by atoms with E-state index in [9.17, 15) is 4.79 Å². The van der Waals surface area contributed by atoms with Gasteiger partial charge in [0.15, 0.2) is 11.5 Å². The summed E-state index contributed by atoms with van der Waals surface area (Å²) in [5.41, 5.74) is 4.77. The molecule has 2 atom stereocenters. The van der Waals surface area contributed by atoms with E-state index in [0.717, 1.165) is 27.9 Å². The standard InChI is InChI=1S/C23H20N4O3/c1-29-18-6-4-15(12-19(18)30-2)14-3-5-16-17(11-14)25-21-20(16)26-22(27-23(21)28)13-7-9-24-10-8-13/h3-12,20-21,25H,1-2H3,(H,26,27,28). The Balaban J connectivity index is 1.51. The Bertz CT molecular complexity index is 1160. The van der Waals surface area contributed by atoms with Gasteiger partial charge in [-0.05, 0) is 41.5 Å². The van der Waals surface area contributed by atoms with Crippen LogP contribution in [0.4, 0.5) is 5.69 Å². The highest BCUT2D eigenvalue weighted by Crippen LogP contribution is 2.41. The number of rotatable bonds is 4. The van der Waals surface area contributed by atoms with Crippen LogP contribution in [0.2, 0.25) is 0 Å². The number of amidine groups is 1. The van der Waals surface area contributed by atoms with Crippen LogP contribution in [-0.4, -0.2) is 37.0 Å². The largest absolute Gasteiger partial charge is 0.493 e. The molecule has 7 heteroatoms. The van der Waals surface area contributed by atoms with Gasteiger partial charge >= 0.3 is 0 Å². The predicted octanol–water partition coefficient (Wildman–Crippen LogP) is 3.18. The molecule has 1 amide bonds. The molecule has 0 saturated carbocycles. The number of benzene rings is 2. The zero-order valence-corrected chi connectivity index (χ0v) is 16.5. The minimum atomic E-state index is -0.425. The van der Waals surface area contributed by atoms with E-state index >= 15 is 0 Å². The number of carbonyl (C=O) groups excluding carboxylic acids is 1. The monoisotopic (exact) mass is 400 g/mol. The lowest BCUT2D eigenvalue weighted by molar-refractivity contribution is -0.121. The molecular weight excluding hydrogens is 380 g/mol. The first-order chi connectivity index (χ1) is 14.7. The average molecular weight is 400 g/mol. The highest BCUT2D eigenvalue weighted by Gasteiger charge is 2.40. The number of hydrogen-bond acceptors (Lipinski definition) is 6. The molecule has 2 N–H and O–H groups in total. The van der Waals surface area contributed by atoms with E-state index in [4.69, 9.17) is 14.5 Å². The van der Waals surface area contributed by atoms with E-state index in [1.807, 2.05) is 48.5 Å². The van der Waals surface area contributed by atoms with Crippen LogP contribution in [0.5, 0.6) is 11.5 Å². The quantitative estimate of drug-likeness (QED) is 0.703. The van der Waals surface area contributed by atoms with Crippen molar-refractivity contribution in [1.82, 2.24) is 10.3 Å². The molecule has 2 aliphatic heterocycles. The van der Waals surface area contributed by atoms with Gasteiger partial charge in [-0.2, -0.15) is 0 Å². The van der Waals surface area contributed by atoms with Crippen LogP contribution < -0.4 is 20.1 Å².